The Balaban J connectivity index is 2.21. The van der Waals surface area contributed by atoms with Crippen LogP contribution in [0.3, 0.4) is 0 Å². The fourth-order valence-electron chi connectivity index (χ4n) is 9.40. The number of aliphatic hydroxyl groups excluding tert-OH is 5. The highest BCUT2D eigenvalue weighted by molar-refractivity contribution is 5.76. The van der Waals surface area contributed by atoms with Crippen molar-refractivity contribution in [3.8, 4) is 0 Å². The number of hydrogen-bond acceptors (Lipinski definition) is 8. The molecule has 1 amide bonds. The third-order valence-corrected chi connectivity index (χ3v) is 14.1. The Bertz CT molecular complexity index is 1240. The van der Waals surface area contributed by atoms with E-state index in [-0.39, 0.29) is 12.5 Å². The van der Waals surface area contributed by atoms with Crippen LogP contribution in [-0.2, 0) is 14.3 Å². The minimum atomic E-state index is -1.57. The van der Waals surface area contributed by atoms with Gasteiger partial charge >= 0.3 is 0 Å². The Morgan fingerprint density at radius 3 is 1.27 bits per heavy atom. The van der Waals surface area contributed by atoms with Gasteiger partial charge in [-0.25, -0.2) is 0 Å². The summed E-state index contributed by atoms with van der Waals surface area (Å²) < 4.78 is 11.3. The molecule has 0 aromatic heterocycles. The summed E-state index contributed by atoms with van der Waals surface area (Å²) in [7, 11) is 0. The average Bonchev–Trinajstić information content (AvgIpc) is 3.36. The number of nitrogens with one attached hydrogen (secondary N) is 1. The van der Waals surface area contributed by atoms with Crippen LogP contribution >= 0.6 is 0 Å². The van der Waals surface area contributed by atoms with E-state index in [2.05, 4.69) is 55.6 Å². The standard InChI is InChI=1S/C61H113NO8/c1-3-5-7-9-11-13-15-17-19-21-23-24-25-26-27-28-29-30-31-33-34-36-38-40-42-44-46-48-50-55(64)54(53-69-61-60(68)59(67)58(66)56(52-63)70-61)62-57(65)51-49-47-45-43-41-39-37-35-32-22-20-18-16-14-12-10-8-6-4-2/h12,14,18,20,32,35,48,50,54-56,58-61,63-64,66-68H,3-11,13,15-17,19,21-31,33-34,36-47,49,51-53H2,1-2H3,(H,62,65)/b14-12-,20-18-,35-32-,50-48+. The molecule has 0 saturated carbocycles. The SMILES string of the molecule is CCCCC/C=C\C/C=C\C/C=C\CCCCCCCCC(=O)NC(COC1OC(CO)C(O)C(O)C1O)C(O)/C=C/CCCCCCCCCCCCCCCCCCCCCCCCCCCC. The van der Waals surface area contributed by atoms with Crippen LogP contribution in [0.15, 0.2) is 48.6 Å². The number of carbonyl (C=O) groups excluding carboxylic acids is 1. The van der Waals surface area contributed by atoms with Crippen LogP contribution in [-0.4, -0.2) is 87.5 Å². The Kier molecular flexibility index (Phi) is 47.9. The lowest BCUT2D eigenvalue weighted by molar-refractivity contribution is -0.302. The van der Waals surface area contributed by atoms with Crippen molar-refractivity contribution in [2.24, 2.45) is 0 Å². The second kappa shape index (κ2) is 50.7. The van der Waals surface area contributed by atoms with Gasteiger partial charge in [0.1, 0.15) is 24.4 Å². The Labute approximate surface area is 431 Å². The molecule has 1 fully saturated rings. The van der Waals surface area contributed by atoms with Crippen LogP contribution < -0.4 is 5.32 Å². The molecule has 1 aliphatic heterocycles. The molecule has 9 nitrogen and oxygen atoms in total. The Morgan fingerprint density at radius 1 is 0.486 bits per heavy atom. The lowest BCUT2D eigenvalue weighted by Gasteiger charge is -2.40. The predicted molar refractivity (Wildman–Crippen MR) is 295 cm³/mol. The molecule has 0 bridgehead atoms. The fraction of sp³-hybridized carbons (Fsp3) is 0.852. The second-order valence-electron chi connectivity index (χ2n) is 20.8. The van der Waals surface area contributed by atoms with Gasteiger partial charge in [0.2, 0.25) is 5.91 Å². The molecule has 410 valence electrons. The molecule has 9 heteroatoms. The van der Waals surface area contributed by atoms with E-state index in [0.717, 1.165) is 64.2 Å². The van der Waals surface area contributed by atoms with Crippen LogP contribution in [0, 0.1) is 0 Å². The highest BCUT2D eigenvalue weighted by Gasteiger charge is 2.44. The lowest BCUT2D eigenvalue weighted by atomic mass is 9.99. The maximum atomic E-state index is 13.0. The van der Waals surface area contributed by atoms with Gasteiger partial charge in [0, 0.05) is 6.42 Å². The number of unbranched alkanes of at least 4 members (excludes halogenated alkanes) is 35. The molecule has 1 rings (SSSR count). The van der Waals surface area contributed by atoms with Crippen LogP contribution in [0.2, 0.25) is 0 Å². The van der Waals surface area contributed by atoms with Gasteiger partial charge in [-0.2, -0.15) is 0 Å². The van der Waals surface area contributed by atoms with Crippen molar-refractivity contribution in [2.45, 2.75) is 320 Å². The molecule has 0 aromatic rings. The normalized spacial score (nSPS) is 19.7. The molecule has 7 atom stereocenters. The summed E-state index contributed by atoms with van der Waals surface area (Å²) in [4.78, 5) is 13.0. The number of ether oxygens (including phenoxy) is 2. The highest BCUT2D eigenvalue weighted by atomic mass is 16.7. The molecule has 1 aliphatic rings. The van der Waals surface area contributed by atoms with Gasteiger partial charge in [0.05, 0.1) is 25.4 Å². The summed E-state index contributed by atoms with van der Waals surface area (Å²) in [5.41, 5.74) is 0. The van der Waals surface area contributed by atoms with Gasteiger partial charge in [-0.05, 0) is 57.8 Å². The van der Waals surface area contributed by atoms with E-state index in [1.54, 1.807) is 6.08 Å². The zero-order chi connectivity index (χ0) is 50.8. The minimum Gasteiger partial charge on any atom is -0.394 e. The van der Waals surface area contributed by atoms with Gasteiger partial charge in [-0.3, -0.25) is 4.79 Å². The van der Waals surface area contributed by atoms with Crippen molar-refractivity contribution in [1.29, 1.82) is 0 Å². The first-order valence-electron chi connectivity index (χ1n) is 29.9. The molecule has 0 aromatic carbocycles. The number of amides is 1. The van der Waals surface area contributed by atoms with Gasteiger partial charge in [0.25, 0.3) is 0 Å². The zero-order valence-electron chi connectivity index (χ0n) is 45.5. The Hall–Kier alpha value is -1.85. The summed E-state index contributed by atoms with van der Waals surface area (Å²) in [6, 6.07) is -0.814. The molecule has 1 saturated heterocycles. The number of carbonyl (C=O) groups is 1. The minimum absolute atomic E-state index is 0.188. The van der Waals surface area contributed by atoms with E-state index in [1.807, 2.05) is 6.08 Å². The van der Waals surface area contributed by atoms with Crippen molar-refractivity contribution in [3.05, 3.63) is 48.6 Å². The Morgan fingerprint density at radius 2 is 0.843 bits per heavy atom. The number of aliphatic hydroxyl groups is 5. The first-order chi connectivity index (χ1) is 34.3. The summed E-state index contributed by atoms with van der Waals surface area (Å²) in [5.74, 6) is -0.188. The van der Waals surface area contributed by atoms with Crippen molar-refractivity contribution in [2.75, 3.05) is 13.2 Å². The van der Waals surface area contributed by atoms with Gasteiger partial charge in [0.15, 0.2) is 6.29 Å². The highest BCUT2D eigenvalue weighted by Crippen LogP contribution is 2.23. The largest absolute Gasteiger partial charge is 0.394 e. The van der Waals surface area contributed by atoms with E-state index < -0.39 is 49.5 Å². The van der Waals surface area contributed by atoms with Gasteiger partial charge in [-0.1, -0.05) is 262 Å². The van der Waals surface area contributed by atoms with E-state index in [1.165, 1.54) is 193 Å². The monoisotopic (exact) mass is 988 g/mol. The zero-order valence-corrected chi connectivity index (χ0v) is 45.5. The van der Waals surface area contributed by atoms with Crippen molar-refractivity contribution < 1.29 is 39.8 Å². The maximum Gasteiger partial charge on any atom is 0.220 e. The molecular weight excluding hydrogens is 875 g/mol. The first kappa shape index (κ1) is 66.2. The van der Waals surface area contributed by atoms with Crippen molar-refractivity contribution in [3.63, 3.8) is 0 Å². The fourth-order valence-corrected chi connectivity index (χ4v) is 9.40. The maximum absolute atomic E-state index is 13.0. The van der Waals surface area contributed by atoms with E-state index in [0.29, 0.717) is 6.42 Å². The molecule has 0 spiro atoms. The quantitative estimate of drug-likeness (QED) is 0.0261. The molecule has 0 radical (unpaired) electrons. The summed E-state index contributed by atoms with van der Waals surface area (Å²) >= 11 is 0. The molecule has 0 aliphatic carbocycles. The predicted octanol–water partition coefficient (Wildman–Crippen LogP) is 14.9. The topological polar surface area (TPSA) is 149 Å². The van der Waals surface area contributed by atoms with E-state index >= 15 is 0 Å². The van der Waals surface area contributed by atoms with Crippen LogP contribution in [0.1, 0.15) is 277 Å². The van der Waals surface area contributed by atoms with Crippen LogP contribution in [0.5, 0.6) is 0 Å². The molecule has 1 heterocycles. The van der Waals surface area contributed by atoms with Crippen molar-refractivity contribution in [1.82, 2.24) is 5.32 Å². The molecule has 7 unspecified atom stereocenters. The molecular formula is C61H113NO8. The number of hydrogen-bond donors (Lipinski definition) is 6. The molecule has 6 N–H and O–H groups in total. The van der Waals surface area contributed by atoms with Gasteiger partial charge < -0.3 is 40.3 Å². The van der Waals surface area contributed by atoms with E-state index in [9.17, 15) is 30.3 Å². The number of allylic oxidation sites excluding steroid dienone is 7. The summed E-state index contributed by atoms with van der Waals surface area (Å²) in [6.07, 6.45) is 60.4. The smallest absolute Gasteiger partial charge is 0.220 e. The van der Waals surface area contributed by atoms with Gasteiger partial charge in [-0.15, -0.1) is 0 Å². The third kappa shape index (κ3) is 39.7. The molecule has 70 heavy (non-hydrogen) atoms. The summed E-state index contributed by atoms with van der Waals surface area (Å²) in [6.45, 7) is 3.77. The van der Waals surface area contributed by atoms with E-state index in [4.69, 9.17) is 9.47 Å². The van der Waals surface area contributed by atoms with Crippen LogP contribution in [0.25, 0.3) is 0 Å². The summed E-state index contributed by atoms with van der Waals surface area (Å²) in [5, 5.41) is 54.5. The first-order valence-corrected chi connectivity index (χ1v) is 29.9. The third-order valence-electron chi connectivity index (χ3n) is 14.1. The second-order valence-corrected chi connectivity index (χ2v) is 20.8. The van der Waals surface area contributed by atoms with Crippen molar-refractivity contribution >= 4 is 5.91 Å². The number of rotatable bonds is 51. The lowest BCUT2D eigenvalue weighted by Crippen LogP contribution is -2.60. The average molecular weight is 989 g/mol. The van der Waals surface area contributed by atoms with Crippen LogP contribution in [0.4, 0.5) is 0 Å².